The van der Waals surface area contributed by atoms with Gasteiger partial charge in [-0.05, 0) is 19.1 Å². The molecule has 0 bridgehead atoms. The zero-order chi connectivity index (χ0) is 20.4. The number of hydroxylamine groups is 2. The van der Waals surface area contributed by atoms with Gasteiger partial charge in [-0.15, -0.1) is 16.4 Å². The number of anilines is 3. The molecule has 1 saturated heterocycles. The lowest BCUT2D eigenvalue weighted by molar-refractivity contribution is -0.103. The zero-order valence-electron chi connectivity index (χ0n) is 16.0. The SMILES string of the molecule is COc1ccccc1NC(=O)ON1CCN(c2nc(N)nc3scnc23)[C@@H](C)C1. The van der Waals surface area contributed by atoms with Crippen molar-refractivity contribution in [2.24, 2.45) is 0 Å². The minimum absolute atomic E-state index is 0.0296. The number of fused-ring (bicyclic) bond motifs is 1. The van der Waals surface area contributed by atoms with Crippen LogP contribution in [0.1, 0.15) is 6.92 Å². The average molecular weight is 415 g/mol. The molecule has 0 radical (unpaired) electrons. The molecule has 0 aliphatic carbocycles. The van der Waals surface area contributed by atoms with Gasteiger partial charge < -0.3 is 20.2 Å². The molecule has 1 amide bonds. The normalized spacial score (nSPS) is 17.3. The summed E-state index contributed by atoms with van der Waals surface area (Å²) in [4.78, 5) is 33.6. The van der Waals surface area contributed by atoms with E-state index >= 15 is 0 Å². The number of hydrogen-bond donors (Lipinski definition) is 2. The van der Waals surface area contributed by atoms with Gasteiger partial charge in [0, 0.05) is 12.6 Å². The van der Waals surface area contributed by atoms with Gasteiger partial charge in [-0.1, -0.05) is 12.1 Å². The molecule has 0 spiro atoms. The maximum absolute atomic E-state index is 12.3. The fourth-order valence-corrected chi connectivity index (χ4v) is 3.94. The van der Waals surface area contributed by atoms with E-state index in [1.807, 2.05) is 19.1 Å². The lowest BCUT2D eigenvalue weighted by atomic mass is 10.2. The summed E-state index contributed by atoms with van der Waals surface area (Å²) in [6.07, 6.45) is -0.566. The van der Waals surface area contributed by atoms with Gasteiger partial charge in [0.1, 0.15) is 11.3 Å². The molecular weight excluding hydrogens is 394 g/mol. The van der Waals surface area contributed by atoms with E-state index in [4.69, 9.17) is 15.3 Å². The van der Waals surface area contributed by atoms with Gasteiger partial charge in [0.2, 0.25) is 5.95 Å². The molecule has 11 heteroatoms. The molecule has 1 atom stereocenters. The van der Waals surface area contributed by atoms with Crippen LogP contribution in [0.2, 0.25) is 0 Å². The zero-order valence-corrected chi connectivity index (χ0v) is 16.8. The number of piperazine rings is 1. The number of ether oxygens (including phenoxy) is 1. The molecule has 1 aliphatic heterocycles. The number of amides is 1. The molecule has 0 unspecified atom stereocenters. The molecule has 1 fully saturated rings. The Kier molecular flexibility index (Phi) is 5.32. The third-order valence-corrected chi connectivity index (χ3v) is 5.33. The smallest absolute Gasteiger partial charge is 0.430 e. The summed E-state index contributed by atoms with van der Waals surface area (Å²) in [7, 11) is 1.55. The fraction of sp³-hybridized carbons (Fsp3) is 0.333. The lowest BCUT2D eigenvalue weighted by Crippen LogP contribution is -2.53. The van der Waals surface area contributed by atoms with Crippen molar-refractivity contribution in [3.8, 4) is 5.75 Å². The molecule has 10 nitrogen and oxygen atoms in total. The third-order valence-electron chi connectivity index (χ3n) is 4.62. The molecule has 0 saturated carbocycles. The number of carbonyl (C=O) groups is 1. The summed E-state index contributed by atoms with van der Waals surface area (Å²) >= 11 is 1.43. The van der Waals surface area contributed by atoms with Crippen LogP contribution in [0.5, 0.6) is 5.75 Å². The number of benzene rings is 1. The first kappa shape index (κ1) is 19.2. The lowest BCUT2D eigenvalue weighted by Gasteiger charge is -2.39. The number of carbonyl (C=O) groups excluding carboxylic acids is 1. The topological polar surface area (TPSA) is 119 Å². The predicted molar refractivity (Wildman–Crippen MR) is 111 cm³/mol. The molecule has 3 N–H and O–H groups in total. The highest BCUT2D eigenvalue weighted by molar-refractivity contribution is 7.16. The van der Waals surface area contributed by atoms with Crippen molar-refractivity contribution in [1.29, 1.82) is 0 Å². The van der Waals surface area contributed by atoms with Crippen molar-refractivity contribution in [3.05, 3.63) is 29.8 Å². The van der Waals surface area contributed by atoms with Gasteiger partial charge in [0.15, 0.2) is 10.6 Å². The third kappa shape index (κ3) is 4.00. The number of aromatic nitrogens is 3. The van der Waals surface area contributed by atoms with Gasteiger partial charge in [-0.25, -0.2) is 14.8 Å². The van der Waals surface area contributed by atoms with Gasteiger partial charge in [0.25, 0.3) is 0 Å². The highest BCUT2D eigenvalue weighted by Crippen LogP contribution is 2.29. The fourth-order valence-electron chi connectivity index (χ4n) is 3.28. The van der Waals surface area contributed by atoms with E-state index in [0.717, 1.165) is 10.3 Å². The minimum atomic E-state index is -0.566. The van der Waals surface area contributed by atoms with Gasteiger partial charge in [-0.3, -0.25) is 5.32 Å². The van der Waals surface area contributed by atoms with E-state index in [2.05, 4.69) is 25.2 Å². The highest BCUT2D eigenvalue weighted by Gasteiger charge is 2.29. The molecule has 152 valence electrons. The quantitative estimate of drug-likeness (QED) is 0.662. The van der Waals surface area contributed by atoms with E-state index in [1.54, 1.807) is 29.8 Å². The van der Waals surface area contributed by atoms with Crippen molar-refractivity contribution in [1.82, 2.24) is 20.0 Å². The number of nitrogen functional groups attached to an aromatic ring is 1. The molecule has 3 heterocycles. The molecule has 1 aromatic carbocycles. The van der Waals surface area contributed by atoms with Crippen LogP contribution in [-0.4, -0.2) is 58.9 Å². The first-order valence-corrected chi connectivity index (χ1v) is 9.93. The Bertz CT molecular complexity index is 1030. The van der Waals surface area contributed by atoms with Crippen molar-refractivity contribution >= 4 is 45.2 Å². The molecule has 2 aromatic heterocycles. The monoisotopic (exact) mass is 415 g/mol. The second-order valence-electron chi connectivity index (χ2n) is 6.55. The van der Waals surface area contributed by atoms with Crippen LogP contribution in [0.25, 0.3) is 10.3 Å². The van der Waals surface area contributed by atoms with Gasteiger partial charge in [-0.2, -0.15) is 4.98 Å². The predicted octanol–water partition coefficient (Wildman–Crippen LogP) is 2.35. The van der Waals surface area contributed by atoms with E-state index in [-0.39, 0.29) is 12.0 Å². The van der Waals surface area contributed by atoms with Crippen LogP contribution in [0.3, 0.4) is 0 Å². The summed E-state index contributed by atoms with van der Waals surface area (Å²) < 4.78 is 5.24. The molecular formula is C18H21N7O3S. The van der Waals surface area contributed by atoms with Crippen LogP contribution in [0.4, 0.5) is 22.2 Å². The number of nitrogens with one attached hydrogen (secondary N) is 1. The number of nitrogens with two attached hydrogens (primary N) is 1. The second kappa shape index (κ2) is 8.05. The Hall–Kier alpha value is -3.18. The molecule has 29 heavy (non-hydrogen) atoms. The number of methoxy groups -OCH3 is 1. The summed E-state index contributed by atoms with van der Waals surface area (Å²) in [5.74, 6) is 1.49. The summed E-state index contributed by atoms with van der Waals surface area (Å²) in [6, 6.07) is 7.19. The number of para-hydroxylation sites is 2. The number of thiazole rings is 1. The van der Waals surface area contributed by atoms with Crippen LogP contribution < -0.4 is 20.7 Å². The minimum Gasteiger partial charge on any atom is -0.495 e. The average Bonchev–Trinajstić information content (AvgIpc) is 3.16. The van der Waals surface area contributed by atoms with Crippen LogP contribution in [0.15, 0.2) is 29.8 Å². The number of nitrogens with zero attached hydrogens (tertiary/aromatic N) is 5. The van der Waals surface area contributed by atoms with Gasteiger partial charge >= 0.3 is 6.09 Å². The summed E-state index contributed by atoms with van der Waals surface area (Å²) in [6.45, 7) is 3.66. The Morgan fingerprint density at radius 1 is 1.31 bits per heavy atom. The summed E-state index contributed by atoms with van der Waals surface area (Å²) in [5, 5.41) is 4.34. The van der Waals surface area contributed by atoms with Crippen LogP contribution in [-0.2, 0) is 4.84 Å². The van der Waals surface area contributed by atoms with Crippen LogP contribution in [0, 0.1) is 0 Å². The maximum atomic E-state index is 12.3. The number of hydrogen-bond acceptors (Lipinski definition) is 10. The van der Waals surface area contributed by atoms with E-state index in [1.165, 1.54) is 11.3 Å². The Morgan fingerprint density at radius 3 is 2.93 bits per heavy atom. The van der Waals surface area contributed by atoms with Crippen molar-refractivity contribution in [2.45, 2.75) is 13.0 Å². The molecule has 3 aromatic rings. The van der Waals surface area contributed by atoms with E-state index in [0.29, 0.717) is 36.9 Å². The van der Waals surface area contributed by atoms with Crippen molar-refractivity contribution in [3.63, 3.8) is 0 Å². The number of rotatable bonds is 4. The highest BCUT2D eigenvalue weighted by atomic mass is 32.1. The Labute approximate surface area is 171 Å². The largest absolute Gasteiger partial charge is 0.495 e. The maximum Gasteiger partial charge on any atom is 0.430 e. The first-order chi connectivity index (χ1) is 14.0. The Balaban J connectivity index is 1.41. The Morgan fingerprint density at radius 2 is 2.14 bits per heavy atom. The van der Waals surface area contributed by atoms with Gasteiger partial charge in [0.05, 0.1) is 31.4 Å². The van der Waals surface area contributed by atoms with Crippen molar-refractivity contribution < 1.29 is 14.4 Å². The van der Waals surface area contributed by atoms with E-state index in [9.17, 15) is 4.79 Å². The van der Waals surface area contributed by atoms with Crippen molar-refractivity contribution in [2.75, 3.05) is 42.7 Å². The summed E-state index contributed by atoms with van der Waals surface area (Å²) in [5.41, 5.74) is 8.87. The second-order valence-corrected chi connectivity index (χ2v) is 7.38. The standard InChI is InChI=1S/C18H21N7O3S/c1-11-9-24(28-18(26)21-12-5-3-4-6-13(12)27-2)7-8-25(11)15-14-16(29-10-20-14)23-17(19)22-15/h3-6,10-11H,7-9H2,1-2H3,(H,21,26)(H2,19,22,23)/t11-/m0/s1. The molecule has 1 aliphatic rings. The first-order valence-electron chi connectivity index (χ1n) is 9.05. The van der Waals surface area contributed by atoms with E-state index < -0.39 is 6.09 Å². The van der Waals surface area contributed by atoms with Crippen LogP contribution >= 0.6 is 11.3 Å². The molecule has 4 rings (SSSR count).